The van der Waals surface area contributed by atoms with Gasteiger partial charge in [-0.1, -0.05) is 0 Å². The number of aryl methyl sites for hydroxylation is 1. The van der Waals surface area contributed by atoms with Crippen molar-refractivity contribution >= 4 is 11.7 Å². The van der Waals surface area contributed by atoms with Crippen LogP contribution < -0.4 is 5.32 Å². The van der Waals surface area contributed by atoms with E-state index in [2.05, 4.69) is 15.3 Å². The van der Waals surface area contributed by atoms with Crippen LogP contribution in [0, 0.1) is 6.92 Å². The van der Waals surface area contributed by atoms with Gasteiger partial charge in [-0.15, -0.1) is 0 Å². The lowest BCUT2D eigenvalue weighted by atomic mass is 10.3. The Balaban J connectivity index is 2.38. The normalized spacial score (nSPS) is 9.80. The smallest absolute Gasteiger partial charge is 0.223 e. The molecule has 0 aliphatic carbocycles. The molecule has 0 saturated carbocycles. The molecule has 1 N–H and O–H groups in total. The van der Waals surface area contributed by atoms with Gasteiger partial charge in [-0.25, -0.2) is 4.98 Å². The second kappa shape index (κ2) is 5.29. The molecule has 0 spiro atoms. The Hall–Kier alpha value is -1.65. The Morgan fingerprint density at radius 2 is 2.07 bits per heavy atom. The van der Waals surface area contributed by atoms with E-state index in [0.29, 0.717) is 13.0 Å². The van der Waals surface area contributed by atoms with Crippen molar-refractivity contribution in [3.63, 3.8) is 0 Å². The summed E-state index contributed by atoms with van der Waals surface area (Å²) < 4.78 is 0. The summed E-state index contributed by atoms with van der Waals surface area (Å²) >= 11 is 0. The summed E-state index contributed by atoms with van der Waals surface area (Å²) in [5, 5.41) is 3.08. The van der Waals surface area contributed by atoms with Crippen LogP contribution >= 0.6 is 0 Å². The van der Waals surface area contributed by atoms with E-state index in [9.17, 15) is 4.79 Å². The molecule has 0 unspecified atom stereocenters. The highest BCUT2D eigenvalue weighted by Gasteiger charge is 2.04. The summed E-state index contributed by atoms with van der Waals surface area (Å²) in [5.74, 6) is 0.841. The summed E-state index contributed by atoms with van der Waals surface area (Å²) in [5.41, 5.74) is 0.842. The minimum Gasteiger partial charge on any atom is -0.368 e. The van der Waals surface area contributed by atoms with Gasteiger partial charge in [0, 0.05) is 39.5 Å². The Bertz CT molecular complexity index is 338. The van der Waals surface area contributed by atoms with Crippen molar-refractivity contribution in [1.82, 2.24) is 14.9 Å². The zero-order valence-corrected chi connectivity index (χ0v) is 9.32. The van der Waals surface area contributed by atoms with Crippen LogP contribution in [-0.2, 0) is 4.79 Å². The number of hydrogen-bond donors (Lipinski definition) is 1. The zero-order chi connectivity index (χ0) is 11.3. The fourth-order valence-corrected chi connectivity index (χ4v) is 1.09. The summed E-state index contributed by atoms with van der Waals surface area (Å²) in [6.45, 7) is 2.46. The SMILES string of the molecule is Cc1nccnc1NCCC(=O)N(C)C. The zero-order valence-electron chi connectivity index (χ0n) is 9.32. The number of carbonyl (C=O) groups is 1. The lowest BCUT2D eigenvalue weighted by molar-refractivity contribution is -0.128. The molecule has 1 rings (SSSR count). The summed E-state index contributed by atoms with van der Waals surface area (Å²) in [7, 11) is 3.49. The predicted octanol–water partition coefficient (Wildman–Crippen LogP) is 0.675. The van der Waals surface area contributed by atoms with Crippen LogP contribution in [-0.4, -0.2) is 41.4 Å². The van der Waals surface area contributed by atoms with Gasteiger partial charge in [0.05, 0.1) is 5.69 Å². The highest BCUT2D eigenvalue weighted by molar-refractivity contribution is 5.76. The number of amides is 1. The molecule has 0 fully saturated rings. The van der Waals surface area contributed by atoms with Crippen LogP contribution in [0.25, 0.3) is 0 Å². The Morgan fingerprint density at radius 1 is 1.40 bits per heavy atom. The largest absolute Gasteiger partial charge is 0.368 e. The molecule has 15 heavy (non-hydrogen) atoms. The van der Waals surface area contributed by atoms with Crippen LogP contribution in [0.3, 0.4) is 0 Å². The summed E-state index contributed by atoms with van der Waals surface area (Å²) in [6, 6.07) is 0. The highest BCUT2D eigenvalue weighted by Crippen LogP contribution is 2.05. The van der Waals surface area contributed by atoms with Crippen molar-refractivity contribution in [2.75, 3.05) is 26.0 Å². The molecule has 0 aliphatic heterocycles. The molecule has 5 nitrogen and oxygen atoms in total. The number of carbonyl (C=O) groups excluding carboxylic acids is 1. The van der Waals surface area contributed by atoms with Crippen molar-refractivity contribution in [2.24, 2.45) is 0 Å². The lowest BCUT2D eigenvalue weighted by Crippen LogP contribution is -2.24. The van der Waals surface area contributed by atoms with E-state index >= 15 is 0 Å². The van der Waals surface area contributed by atoms with Gasteiger partial charge >= 0.3 is 0 Å². The molecule has 5 heteroatoms. The molecular formula is C10H16N4O. The topological polar surface area (TPSA) is 58.1 Å². The molecule has 1 amide bonds. The van der Waals surface area contributed by atoms with Crippen LogP contribution in [0.5, 0.6) is 0 Å². The second-order valence-corrected chi connectivity index (χ2v) is 3.46. The van der Waals surface area contributed by atoms with Gasteiger partial charge in [-0.2, -0.15) is 0 Å². The van der Waals surface area contributed by atoms with Gasteiger partial charge in [0.1, 0.15) is 5.82 Å². The molecule has 82 valence electrons. The van der Waals surface area contributed by atoms with Crippen LogP contribution in [0.1, 0.15) is 12.1 Å². The Kier molecular flexibility index (Phi) is 4.03. The van der Waals surface area contributed by atoms with E-state index in [1.807, 2.05) is 6.92 Å². The van der Waals surface area contributed by atoms with Gasteiger partial charge in [0.2, 0.25) is 5.91 Å². The van der Waals surface area contributed by atoms with Crippen LogP contribution in [0.2, 0.25) is 0 Å². The second-order valence-electron chi connectivity index (χ2n) is 3.46. The standard InChI is InChI=1S/C10H16N4O/c1-8-10(13-7-6-11-8)12-5-4-9(15)14(2)3/h6-7H,4-5H2,1-3H3,(H,12,13). The number of anilines is 1. The molecule has 1 heterocycles. The maximum atomic E-state index is 11.3. The van der Waals surface area contributed by atoms with E-state index in [-0.39, 0.29) is 5.91 Å². The third-order valence-electron chi connectivity index (χ3n) is 2.01. The molecule has 1 aromatic rings. The molecule has 0 aromatic carbocycles. The van der Waals surface area contributed by atoms with Crippen molar-refractivity contribution in [3.05, 3.63) is 18.1 Å². The van der Waals surface area contributed by atoms with Gasteiger partial charge in [-0.3, -0.25) is 9.78 Å². The van der Waals surface area contributed by atoms with E-state index < -0.39 is 0 Å². The number of rotatable bonds is 4. The lowest BCUT2D eigenvalue weighted by Gasteiger charge is -2.11. The van der Waals surface area contributed by atoms with E-state index in [4.69, 9.17) is 0 Å². The maximum Gasteiger partial charge on any atom is 0.223 e. The molecule has 0 radical (unpaired) electrons. The van der Waals surface area contributed by atoms with Crippen LogP contribution in [0.4, 0.5) is 5.82 Å². The molecule has 1 aromatic heterocycles. The fraction of sp³-hybridized carbons (Fsp3) is 0.500. The first-order valence-electron chi connectivity index (χ1n) is 4.83. The predicted molar refractivity (Wildman–Crippen MR) is 58.6 cm³/mol. The van der Waals surface area contributed by atoms with Crippen molar-refractivity contribution in [3.8, 4) is 0 Å². The van der Waals surface area contributed by atoms with Gasteiger partial charge in [0.15, 0.2) is 0 Å². The monoisotopic (exact) mass is 208 g/mol. The minimum absolute atomic E-state index is 0.101. The molecular weight excluding hydrogens is 192 g/mol. The third kappa shape index (κ3) is 3.53. The van der Waals surface area contributed by atoms with Gasteiger partial charge in [-0.05, 0) is 6.92 Å². The number of nitrogens with zero attached hydrogens (tertiary/aromatic N) is 3. The Morgan fingerprint density at radius 3 is 2.67 bits per heavy atom. The average Bonchev–Trinajstić information content (AvgIpc) is 2.20. The quantitative estimate of drug-likeness (QED) is 0.790. The fourth-order valence-electron chi connectivity index (χ4n) is 1.09. The maximum absolute atomic E-state index is 11.3. The van der Waals surface area contributed by atoms with E-state index in [0.717, 1.165) is 11.5 Å². The Labute approximate surface area is 89.5 Å². The van der Waals surface area contributed by atoms with E-state index in [1.54, 1.807) is 31.4 Å². The van der Waals surface area contributed by atoms with Crippen LogP contribution in [0.15, 0.2) is 12.4 Å². The third-order valence-corrected chi connectivity index (χ3v) is 2.01. The number of nitrogens with one attached hydrogen (secondary N) is 1. The summed E-state index contributed by atoms with van der Waals surface area (Å²) in [4.78, 5) is 21.1. The van der Waals surface area contributed by atoms with Gasteiger partial charge < -0.3 is 10.2 Å². The summed E-state index contributed by atoms with van der Waals surface area (Å²) in [6.07, 6.45) is 3.73. The molecule has 0 saturated heterocycles. The molecule has 0 aliphatic rings. The average molecular weight is 208 g/mol. The molecule has 0 bridgehead atoms. The van der Waals surface area contributed by atoms with Gasteiger partial charge in [0.25, 0.3) is 0 Å². The first-order valence-corrected chi connectivity index (χ1v) is 4.83. The minimum atomic E-state index is 0.101. The van der Waals surface area contributed by atoms with Crippen molar-refractivity contribution < 1.29 is 4.79 Å². The number of hydrogen-bond acceptors (Lipinski definition) is 4. The molecule has 0 atom stereocenters. The van der Waals surface area contributed by atoms with E-state index in [1.165, 1.54) is 0 Å². The number of aromatic nitrogens is 2. The van der Waals surface area contributed by atoms with Crippen molar-refractivity contribution in [2.45, 2.75) is 13.3 Å². The highest BCUT2D eigenvalue weighted by atomic mass is 16.2. The first kappa shape index (κ1) is 11.4. The van der Waals surface area contributed by atoms with Crippen molar-refractivity contribution in [1.29, 1.82) is 0 Å². The first-order chi connectivity index (χ1) is 7.11.